The molecule has 0 unspecified atom stereocenters. The highest BCUT2D eigenvalue weighted by Gasteiger charge is 2.19. The number of halogens is 1. The third kappa shape index (κ3) is 6.17. The first-order valence-corrected chi connectivity index (χ1v) is 10.6. The second-order valence-corrected chi connectivity index (χ2v) is 7.65. The van der Waals surface area contributed by atoms with Gasteiger partial charge in [0.05, 0.1) is 11.7 Å². The molecular weight excluding hydrogens is 443 g/mol. The molecular formula is C23H23FN6O4. The van der Waals surface area contributed by atoms with E-state index < -0.39 is 11.6 Å². The van der Waals surface area contributed by atoms with Crippen LogP contribution in [0.4, 0.5) is 27.5 Å². The largest absolute Gasteiger partial charge is 0.483 e. The lowest BCUT2D eigenvalue weighted by Gasteiger charge is -2.10. The van der Waals surface area contributed by atoms with E-state index in [-0.39, 0.29) is 18.2 Å². The predicted molar refractivity (Wildman–Crippen MR) is 125 cm³/mol. The van der Waals surface area contributed by atoms with Gasteiger partial charge in [-0.1, -0.05) is 12.1 Å². The van der Waals surface area contributed by atoms with Crippen LogP contribution in [0, 0.1) is 5.82 Å². The number of hydrogen-bond donors (Lipinski definition) is 5. The summed E-state index contributed by atoms with van der Waals surface area (Å²) in [4.78, 5) is 30.5. The number of nitrogens with zero attached hydrogens (tertiary/aromatic N) is 2. The van der Waals surface area contributed by atoms with Crippen LogP contribution in [0.1, 0.15) is 18.4 Å². The van der Waals surface area contributed by atoms with Crippen LogP contribution in [0.15, 0.2) is 57.9 Å². The third-order valence-corrected chi connectivity index (χ3v) is 5.06. The molecule has 10 nitrogen and oxygen atoms in total. The summed E-state index contributed by atoms with van der Waals surface area (Å²) in [5.41, 5.74) is 3.54. The van der Waals surface area contributed by atoms with Crippen molar-refractivity contribution in [2.45, 2.75) is 25.3 Å². The molecule has 0 spiro atoms. The number of hydrogen-bond acceptors (Lipinski definition) is 8. The number of aromatic amines is 1. The van der Waals surface area contributed by atoms with E-state index in [1.807, 2.05) is 12.1 Å². The zero-order valence-corrected chi connectivity index (χ0v) is 18.0. The van der Waals surface area contributed by atoms with Gasteiger partial charge in [-0.2, -0.15) is 4.98 Å². The molecule has 1 aliphatic rings. The zero-order chi connectivity index (χ0) is 23.9. The maximum atomic E-state index is 14.2. The molecule has 176 valence electrons. The predicted octanol–water partition coefficient (Wildman–Crippen LogP) is 3.53. The molecule has 2 aromatic carbocycles. The summed E-state index contributed by atoms with van der Waals surface area (Å²) in [6.45, 7) is 0.728. The number of benzene rings is 2. The summed E-state index contributed by atoms with van der Waals surface area (Å²) in [6.07, 6.45) is 4.65. The standard InChI is InChI=1S/C22H21FN6O2.CH2O2/c23-17-12-25-21(27-15-3-1-13(2-4-15)9-10-24-14-5-6-14)29-20(17)26-16-7-8-19-18(11-16)28-22(30)31-19;2-1-3/h1-4,7-8,11-12,14,24H,5-6,9-10H2,(H,28,30)(H2,25,26,27,29);1H,(H,2,3). The first-order valence-electron chi connectivity index (χ1n) is 10.6. The molecule has 1 fully saturated rings. The Labute approximate surface area is 193 Å². The molecule has 2 aromatic heterocycles. The van der Waals surface area contributed by atoms with Gasteiger partial charge in [-0.15, -0.1) is 0 Å². The number of anilines is 4. The number of fused-ring (bicyclic) bond motifs is 1. The smallest absolute Gasteiger partial charge is 0.417 e. The molecule has 1 saturated carbocycles. The second-order valence-electron chi connectivity index (χ2n) is 7.65. The van der Waals surface area contributed by atoms with Gasteiger partial charge in [0.2, 0.25) is 5.95 Å². The SMILES string of the molecule is O=CO.O=c1[nH]c2cc(Nc3nc(Nc4ccc(CCNC5CC5)cc4)ncc3F)ccc2o1. The number of carbonyl (C=O) groups is 1. The van der Waals surface area contributed by atoms with E-state index in [0.717, 1.165) is 24.8 Å². The van der Waals surface area contributed by atoms with Crippen LogP contribution in [0.3, 0.4) is 0 Å². The fraction of sp³-hybridized carbons (Fsp3) is 0.217. The van der Waals surface area contributed by atoms with Crippen molar-refractivity contribution in [2.75, 3.05) is 17.2 Å². The average molecular weight is 466 g/mol. The number of nitrogens with one attached hydrogen (secondary N) is 4. The van der Waals surface area contributed by atoms with Crippen LogP contribution in [0.5, 0.6) is 0 Å². The quantitative estimate of drug-likeness (QED) is 0.246. The van der Waals surface area contributed by atoms with E-state index in [1.165, 1.54) is 18.4 Å². The summed E-state index contributed by atoms with van der Waals surface area (Å²) >= 11 is 0. The Bertz CT molecular complexity index is 1320. The van der Waals surface area contributed by atoms with Crippen molar-refractivity contribution in [2.24, 2.45) is 0 Å². The van der Waals surface area contributed by atoms with Gasteiger partial charge in [0.1, 0.15) is 0 Å². The molecule has 2 heterocycles. The minimum Gasteiger partial charge on any atom is -0.483 e. The van der Waals surface area contributed by atoms with Crippen LogP contribution in [0.25, 0.3) is 11.1 Å². The lowest BCUT2D eigenvalue weighted by atomic mass is 10.1. The molecule has 0 saturated heterocycles. The minimum atomic E-state index is -0.593. The maximum absolute atomic E-state index is 14.2. The third-order valence-electron chi connectivity index (χ3n) is 5.06. The molecule has 4 aromatic rings. The zero-order valence-electron chi connectivity index (χ0n) is 18.0. The Morgan fingerprint density at radius 1 is 1.15 bits per heavy atom. The monoisotopic (exact) mass is 466 g/mol. The van der Waals surface area contributed by atoms with E-state index >= 15 is 0 Å². The highest BCUT2D eigenvalue weighted by molar-refractivity contribution is 5.78. The number of H-pyrrole nitrogens is 1. The van der Waals surface area contributed by atoms with Crippen molar-refractivity contribution in [3.63, 3.8) is 0 Å². The molecule has 0 radical (unpaired) electrons. The van der Waals surface area contributed by atoms with E-state index in [2.05, 4.69) is 43.0 Å². The van der Waals surface area contributed by atoms with Crippen molar-refractivity contribution >= 4 is 40.7 Å². The van der Waals surface area contributed by atoms with Gasteiger partial charge < -0.3 is 25.5 Å². The maximum Gasteiger partial charge on any atom is 0.417 e. The lowest BCUT2D eigenvalue weighted by Crippen LogP contribution is -2.19. The van der Waals surface area contributed by atoms with Gasteiger partial charge in [0.15, 0.2) is 17.2 Å². The summed E-state index contributed by atoms with van der Waals surface area (Å²) in [6, 6.07) is 13.7. The molecule has 1 aliphatic carbocycles. The molecule has 0 amide bonds. The van der Waals surface area contributed by atoms with E-state index in [1.54, 1.807) is 18.2 Å². The van der Waals surface area contributed by atoms with Gasteiger partial charge in [-0.25, -0.2) is 14.2 Å². The van der Waals surface area contributed by atoms with Crippen molar-refractivity contribution in [3.8, 4) is 0 Å². The number of rotatable bonds is 8. The Morgan fingerprint density at radius 3 is 2.62 bits per heavy atom. The van der Waals surface area contributed by atoms with Gasteiger partial charge in [0.25, 0.3) is 6.47 Å². The van der Waals surface area contributed by atoms with E-state index in [4.69, 9.17) is 14.3 Å². The van der Waals surface area contributed by atoms with Crippen LogP contribution in [-0.2, 0) is 11.2 Å². The van der Waals surface area contributed by atoms with Crippen molar-refractivity contribution in [1.82, 2.24) is 20.3 Å². The molecule has 0 bridgehead atoms. The van der Waals surface area contributed by atoms with Gasteiger partial charge in [-0.05, 0) is 61.7 Å². The average Bonchev–Trinajstić information content (AvgIpc) is 3.56. The lowest BCUT2D eigenvalue weighted by molar-refractivity contribution is -0.122. The van der Waals surface area contributed by atoms with Crippen LogP contribution < -0.4 is 21.7 Å². The van der Waals surface area contributed by atoms with Crippen molar-refractivity contribution in [1.29, 1.82) is 0 Å². The molecule has 34 heavy (non-hydrogen) atoms. The van der Waals surface area contributed by atoms with Gasteiger partial charge in [0, 0.05) is 17.4 Å². The Morgan fingerprint density at radius 2 is 1.88 bits per heavy atom. The summed E-state index contributed by atoms with van der Waals surface area (Å²) in [7, 11) is 0. The Balaban J connectivity index is 0.000000868. The first kappa shape index (κ1) is 22.9. The van der Waals surface area contributed by atoms with E-state index in [0.29, 0.717) is 22.8 Å². The second kappa shape index (κ2) is 10.6. The molecule has 5 N–H and O–H groups in total. The molecule has 5 rings (SSSR count). The molecule has 0 aliphatic heterocycles. The number of oxazole rings is 1. The Kier molecular flexibility index (Phi) is 7.13. The van der Waals surface area contributed by atoms with Gasteiger partial charge >= 0.3 is 5.76 Å². The van der Waals surface area contributed by atoms with Gasteiger partial charge in [-0.3, -0.25) is 9.78 Å². The molecule has 0 atom stereocenters. The van der Waals surface area contributed by atoms with Crippen molar-refractivity contribution in [3.05, 3.63) is 70.6 Å². The van der Waals surface area contributed by atoms with Crippen molar-refractivity contribution < 1.29 is 18.7 Å². The minimum absolute atomic E-state index is 0.0189. The van der Waals surface area contributed by atoms with E-state index in [9.17, 15) is 9.18 Å². The fourth-order valence-electron chi connectivity index (χ4n) is 3.27. The molecule has 11 heteroatoms. The summed E-state index contributed by atoms with van der Waals surface area (Å²) in [5, 5.41) is 16.4. The topological polar surface area (TPSA) is 145 Å². The summed E-state index contributed by atoms with van der Waals surface area (Å²) < 4.78 is 19.2. The van der Waals surface area contributed by atoms with Crippen LogP contribution in [-0.4, -0.2) is 39.1 Å². The van der Waals surface area contributed by atoms with Crippen LogP contribution >= 0.6 is 0 Å². The first-order chi connectivity index (χ1) is 16.5. The Hall–Kier alpha value is -4.25. The highest BCUT2D eigenvalue weighted by atomic mass is 19.1. The fourth-order valence-corrected chi connectivity index (χ4v) is 3.27. The number of aromatic nitrogens is 3. The normalized spacial score (nSPS) is 12.6. The number of carboxylic acid groups (broad SMARTS) is 1. The highest BCUT2D eigenvalue weighted by Crippen LogP contribution is 2.23. The summed E-state index contributed by atoms with van der Waals surface area (Å²) in [5.74, 6) is -0.850. The van der Waals surface area contributed by atoms with Crippen LogP contribution in [0.2, 0.25) is 0 Å².